The molecule has 4 aromatic carbocycles. The molecule has 37 heavy (non-hydrogen) atoms. The molecule has 0 saturated carbocycles. The molecular weight excluding hydrogens is 452 g/mol. The molecule has 184 valence electrons. The summed E-state index contributed by atoms with van der Waals surface area (Å²) in [7, 11) is 0. The largest absolute Gasteiger partial charge is 0.356 e. The summed E-state index contributed by atoms with van der Waals surface area (Å²) in [5.41, 5.74) is 8.14. The number of para-hydroxylation sites is 1. The Morgan fingerprint density at radius 1 is 0.649 bits per heavy atom. The summed E-state index contributed by atoms with van der Waals surface area (Å²) in [6.07, 6.45) is 11.0. The standard InChI is InChI=1S/C33H32N4/c1-3-8-30(9-4-2)36-32-20-16-28(17-21-32)34-24-26-12-14-27(15-13-26)25-35-29-18-22-33(23-19-29)37-31-10-6-5-7-11-31/h3,5-25,36-37H,4H2,1-2H3/b8-3-,30-9+,34-24?,35-25?. The van der Waals surface area contributed by atoms with Crippen molar-refractivity contribution in [2.45, 2.75) is 20.3 Å². The highest BCUT2D eigenvalue weighted by Gasteiger charge is 1.97. The van der Waals surface area contributed by atoms with Gasteiger partial charge >= 0.3 is 0 Å². The van der Waals surface area contributed by atoms with Crippen LogP contribution in [0.5, 0.6) is 0 Å². The summed E-state index contributed by atoms with van der Waals surface area (Å²) in [5, 5.41) is 6.81. The molecule has 0 amide bonds. The molecule has 0 aliphatic rings. The van der Waals surface area contributed by atoms with E-state index in [9.17, 15) is 0 Å². The van der Waals surface area contributed by atoms with Crippen LogP contribution in [0.4, 0.5) is 28.4 Å². The van der Waals surface area contributed by atoms with Crippen molar-refractivity contribution >= 4 is 40.9 Å². The fourth-order valence-electron chi connectivity index (χ4n) is 3.64. The number of rotatable bonds is 10. The van der Waals surface area contributed by atoms with E-state index < -0.39 is 0 Å². The Hall–Kier alpha value is -4.70. The number of benzene rings is 4. The van der Waals surface area contributed by atoms with Gasteiger partial charge in [0.05, 0.1) is 11.4 Å². The first kappa shape index (κ1) is 25.4. The summed E-state index contributed by atoms with van der Waals surface area (Å²) in [5.74, 6) is 0. The molecule has 0 atom stereocenters. The highest BCUT2D eigenvalue weighted by atomic mass is 14.9. The van der Waals surface area contributed by atoms with Gasteiger partial charge in [-0.15, -0.1) is 0 Å². The van der Waals surface area contributed by atoms with Gasteiger partial charge in [-0.25, -0.2) is 0 Å². The van der Waals surface area contributed by atoms with Gasteiger partial charge < -0.3 is 10.6 Å². The second-order valence-electron chi connectivity index (χ2n) is 8.46. The predicted molar refractivity (Wildman–Crippen MR) is 160 cm³/mol. The van der Waals surface area contributed by atoms with Crippen LogP contribution in [0, 0.1) is 0 Å². The van der Waals surface area contributed by atoms with Gasteiger partial charge in [-0.1, -0.05) is 61.5 Å². The van der Waals surface area contributed by atoms with E-state index in [2.05, 4.69) is 39.7 Å². The minimum absolute atomic E-state index is 0.908. The van der Waals surface area contributed by atoms with Crippen LogP contribution < -0.4 is 10.6 Å². The monoisotopic (exact) mass is 484 g/mol. The van der Waals surface area contributed by atoms with Crippen LogP contribution in [0.15, 0.2) is 137 Å². The maximum Gasteiger partial charge on any atom is 0.0631 e. The van der Waals surface area contributed by atoms with Crippen molar-refractivity contribution in [1.82, 2.24) is 0 Å². The molecule has 0 saturated heterocycles. The van der Waals surface area contributed by atoms with Crippen LogP contribution >= 0.6 is 0 Å². The van der Waals surface area contributed by atoms with Gasteiger partial charge in [-0.2, -0.15) is 0 Å². The lowest BCUT2D eigenvalue weighted by Gasteiger charge is -2.07. The number of hydrogen-bond donors (Lipinski definition) is 2. The van der Waals surface area contributed by atoms with Crippen LogP contribution in [-0.4, -0.2) is 12.4 Å². The lowest BCUT2D eigenvalue weighted by molar-refractivity contribution is 1.20. The molecule has 0 fully saturated rings. The Labute approximate surface area is 219 Å². The first-order valence-electron chi connectivity index (χ1n) is 12.5. The van der Waals surface area contributed by atoms with Gasteiger partial charge in [0, 0.05) is 35.2 Å². The zero-order valence-corrected chi connectivity index (χ0v) is 21.3. The minimum atomic E-state index is 0.908. The number of anilines is 3. The summed E-state index contributed by atoms with van der Waals surface area (Å²) in [4.78, 5) is 9.21. The van der Waals surface area contributed by atoms with Crippen LogP contribution in [-0.2, 0) is 0 Å². The van der Waals surface area contributed by atoms with E-state index in [0.717, 1.165) is 51.7 Å². The second kappa shape index (κ2) is 13.4. The zero-order valence-electron chi connectivity index (χ0n) is 21.3. The van der Waals surface area contributed by atoms with Crippen molar-refractivity contribution in [1.29, 1.82) is 0 Å². The first-order valence-corrected chi connectivity index (χ1v) is 12.5. The molecule has 0 bridgehead atoms. The number of nitrogens with one attached hydrogen (secondary N) is 2. The minimum Gasteiger partial charge on any atom is -0.356 e. The Bertz CT molecular complexity index is 1360. The van der Waals surface area contributed by atoms with Crippen molar-refractivity contribution in [3.05, 3.63) is 138 Å². The maximum atomic E-state index is 4.61. The zero-order chi connectivity index (χ0) is 25.7. The van der Waals surface area contributed by atoms with Gasteiger partial charge in [0.1, 0.15) is 0 Å². The summed E-state index contributed by atoms with van der Waals surface area (Å²) in [6, 6.07) is 34.5. The average Bonchev–Trinajstić information content (AvgIpc) is 2.94. The Morgan fingerprint density at radius 3 is 1.68 bits per heavy atom. The molecule has 0 unspecified atom stereocenters. The molecule has 2 N–H and O–H groups in total. The predicted octanol–water partition coefficient (Wildman–Crippen LogP) is 9.21. The Morgan fingerprint density at radius 2 is 1.16 bits per heavy atom. The van der Waals surface area contributed by atoms with Crippen LogP contribution in [0.2, 0.25) is 0 Å². The smallest absolute Gasteiger partial charge is 0.0631 e. The van der Waals surface area contributed by atoms with Gasteiger partial charge in [-0.05, 0) is 91.2 Å². The maximum absolute atomic E-state index is 4.61. The van der Waals surface area contributed by atoms with Crippen LogP contribution in [0.25, 0.3) is 0 Å². The van der Waals surface area contributed by atoms with Crippen molar-refractivity contribution in [3.8, 4) is 0 Å². The topological polar surface area (TPSA) is 48.8 Å². The molecule has 0 aliphatic carbocycles. The van der Waals surface area contributed by atoms with Crippen molar-refractivity contribution < 1.29 is 0 Å². The first-order chi connectivity index (χ1) is 18.2. The van der Waals surface area contributed by atoms with E-state index in [1.54, 1.807) is 0 Å². The molecule has 0 spiro atoms. The van der Waals surface area contributed by atoms with E-state index in [-0.39, 0.29) is 0 Å². The molecule has 4 heteroatoms. The van der Waals surface area contributed by atoms with E-state index in [0.29, 0.717) is 0 Å². The summed E-state index contributed by atoms with van der Waals surface area (Å²) >= 11 is 0. The Kier molecular flexibility index (Phi) is 9.20. The normalized spacial score (nSPS) is 12.0. The van der Waals surface area contributed by atoms with Crippen molar-refractivity contribution in [3.63, 3.8) is 0 Å². The van der Waals surface area contributed by atoms with Gasteiger partial charge in [-0.3, -0.25) is 9.98 Å². The fourth-order valence-corrected chi connectivity index (χ4v) is 3.64. The Balaban J connectivity index is 1.31. The highest BCUT2D eigenvalue weighted by Crippen LogP contribution is 2.21. The number of hydrogen-bond acceptors (Lipinski definition) is 4. The third kappa shape index (κ3) is 8.18. The lowest BCUT2D eigenvalue weighted by Crippen LogP contribution is -1.96. The molecule has 4 rings (SSSR count). The molecule has 4 nitrogen and oxygen atoms in total. The SMILES string of the molecule is C/C=C\C(=C/CC)Nc1ccc(N=Cc2ccc(C=Nc3ccc(Nc4ccccc4)cc3)cc2)cc1. The second-order valence-corrected chi connectivity index (χ2v) is 8.46. The number of nitrogens with zero attached hydrogens (tertiary/aromatic N) is 2. The van der Waals surface area contributed by atoms with Crippen molar-refractivity contribution in [2.75, 3.05) is 10.6 Å². The summed E-state index contributed by atoms with van der Waals surface area (Å²) < 4.78 is 0. The molecule has 0 aliphatic heterocycles. The van der Waals surface area contributed by atoms with E-state index in [1.807, 2.05) is 129 Å². The average molecular weight is 485 g/mol. The molecule has 0 heterocycles. The summed E-state index contributed by atoms with van der Waals surface area (Å²) in [6.45, 7) is 4.15. The third-order valence-electron chi connectivity index (χ3n) is 5.52. The molecule has 4 aromatic rings. The molecular formula is C33H32N4. The highest BCUT2D eigenvalue weighted by molar-refractivity contribution is 5.86. The van der Waals surface area contributed by atoms with Crippen LogP contribution in [0.1, 0.15) is 31.4 Å². The van der Waals surface area contributed by atoms with Crippen molar-refractivity contribution in [2.24, 2.45) is 9.98 Å². The van der Waals surface area contributed by atoms with Crippen LogP contribution in [0.3, 0.4) is 0 Å². The molecule has 0 radical (unpaired) electrons. The van der Waals surface area contributed by atoms with Gasteiger partial charge in [0.15, 0.2) is 0 Å². The number of aliphatic imine (C=N–C) groups is 2. The van der Waals surface area contributed by atoms with E-state index in [4.69, 9.17) is 0 Å². The van der Waals surface area contributed by atoms with Gasteiger partial charge in [0.25, 0.3) is 0 Å². The quantitative estimate of drug-likeness (QED) is 0.174. The third-order valence-corrected chi connectivity index (χ3v) is 5.52. The number of allylic oxidation sites excluding steroid dienone is 3. The van der Waals surface area contributed by atoms with E-state index >= 15 is 0 Å². The fraction of sp³-hybridized carbons (Fsp3) is 0.0909. The lowest BCUT2D eigenvalue weighted by atomic mass is 10.1. The molecule has 0 aromatic heterocycles. The van der Waals surface area contributed by atoms with E-state index in [1.165, 1.54) is 0 Å². The van der Waals surface area contributed by atoms with Gasteiger partial charge in [0.2, 0.25) is 0 Å².